The molecule has 3 N–H and O–H groups in total. The molecule has 3 amide bonds. The van der Waals surface area contributed by atoms with Gasteiger partial charge in [0.2, 0.25) is 17.7 Å². The number of β-lactam (4-membered cyclic amide) rings is 1. The minimum absolute atomic E-state index is 0.0991. The summed E-state index contributed by atoms with van der Waals surface area (Å²) in [5.41, 5.74) is 2.41. The molecule has 40 heavy (non-hydrogen) atoms. The molecule has 0 radical (unpaired) electrons. The molecule has 4 atom stereocenters. The van der Waals surface area contributed by atoms with Gasteiger partial charge in [0.1, 0.15) is 23.5 Å². The van der Waals surface area contributed by atoms with Gasteiger partial charge >= 0.3 is 5.97 Å². The molecule has 0 spiro atoms. The average molecular weight is 563 g/mol. The van der Waals surface area contributed by atoms with E-state index >= 15 is 0 Å². The van der Waals surface area contributed by atoms with Gasteiger partial charge < -0.3 is 20.6 Å². The predicted octanol–water partition coefficient (Wildman–Crippen LogP) is 1.75. The first kappa shape index (κ1) is 27.4. The number of aryl methyl sites for hydroxylation is 1. The fraction of sp³-hybridized carbons (Fsp3) is 0.357. The van der Waals surface area contributed by atoms with E-state index in [1.54, 1.807) is 55.1 Å². The molecular formula is C28H30N6O5S. The van der Waals surface area contributed by atoms with Crippen molar-refractivity contribution < 1.29 is 24.3 Å². The standard InChI is InChI=1S/C28H30N6O5S/c1-28(2)23(27(38)39)34-25(37)22(26(34)40-28)31-24(36)21(18-11-7-4-8-12-18)30-20(35)14-13-19-15-29-32-33(19)16-17-9-5-3-6-10-17/h3-12,15,21-23,26H,13-14,16H2,1-2H3,(H,30,35)(H,31,36)(H,38,39)/t21-,22-,23+,26?/m1/s1. The number of hydrogen-bond donors (Lipinski definition) is 3. The molecule has 11 nitrogen and oxygen atoms in total. The molecule has 0 saturated carbocycles. The third kappa shape index (κ3) is 5.44. The van der Waals surface area contributed by atoms with E-state index in [-0.39, 0.29) is 12.3 Å². The summed E-state index contributed by atoms with van der Waals surface area (Å²) >= 11 is 1.35. The topological polar surface area (TPSA) is 147 Å². The Hall–Kier alpha value is -4.19. The molecular weight excluding hydrogens is 532 g/mol. The number of aromatic nitrogens is 3. The van der Waals surface area contributed by atoms with Crippen LogP contribution in [0.3, 0.4) is 0 Å². The monoisotopic (exact) mass is 562 g/mol. The van der Waals surface area contributed by atoms with Crippen LogP contribution in [-0.4, -0.2) is 70.9 Å². The number of fused-ring (bicyclic) bond motifs is 1. The third-order valence-corrected chi connectivity index (χ3v) is 8.73. The average Bonchev–Trinajstić information content (AvgIpc) is 3.48. The van der Waals surface area contributed by atoms with Gasteiger partial charge in [0, 0.05) is 11.2 Å². The number of thioether (sulfide) groups is 1. The van der Waals surface area contributed by atoms with E-state index < -0.39 is 46.0 Å². The van der Waals surface area contributed by atoms with E-state index in [0.717, 1.165) is 11.3 Å². The summed E-state index contributed by atoms with van der Waals surface area (Å²) in [5, 5.41) is 22.8. The van der Waals surface area contributed by atoms with Crippen LogP contribution in [0.25, 0.3) is 0 Å². The lowest BCUT2D eigenvalue weighted by Gasteiger charge is -2.44. The molecule has 2 aliphatic heterocycles. The van der Waals surface area contributed by atoms with Crippen molar-refractivity contribution in [3.63, 3.8) is 0 Å². The van der Waals surface area contributed by atoms with Crippen LogP contribution >= 0.6 is 11.8 Å². The van der Waals surface area contributed by atoms with Gasteiger partial charge in [-0.05, 0) is 31.4 Å². The van der Waals surface area contributed by atoms with E-state index in [0.29, 0.717) is 18.5 Å². The molecule has 2 aliphatic rings. The molecule has 208 valence electrons. The highest BCUT2D eigenvalue weighted by atomic mass is 32.2. The SMILES string of the molecule is CC1(C)SC2[C@H](NC(=O)[C@H](NC(=O)CCc3cnnn3Cc3ccccc3)c3ccccc3)C(=O)N2[C@H]1C(=O)O. The van der Waals surface area contributed by atoms with Crippen molar-refractivity contribution in [3.05, 3.63) is 83.7 Å². The molecule has 2 aromatic carbocycles. The second-order valence-corrected chi connectivity index (χ2v) is 12.1. The van der Waals surface area contributed by atoms with Crippen LogP contribution in [0.1, 0.15) is 43.1 Å². The number of amides is 3. The maximum atomic E-state index is 13.4. The van der Waals surface area contributed by atoms with Crippen LogP contribution < -0.4 is 10.6 Å². The number of aliphatic carboxylic acids is 1. The molecule has 1 unspecified atom stereocenters. The van der Waals surface area contributed by atoms with E-state index in [1.165, 1.54) is 16.7 Å². The summed E-state index contributed by atoms with van der Waals surface area (Å²) < 4.78 is 1.03. The van der Waals surface area contributed by atoms with Crippen molar-refractivity contribution in [2.75, 3.05) is 0 Å². The zero-order valence-corrected chi connectivity index (χ0v) is 22.9. The van der Waals surface area contributed by atoms with Gasteiger partial charge in [-0.1, -0.05) is 65.9 Å². The van der Waals surface area contributed by atoms with Crippen molar-refractivity contribution in [2.45, 2.75) is 61.5 Å². The first-order valence-electron chi connectivity index (χ1n) is 12.9. The minimum Gasteiger partial charge on any atom is -0.480 e. The zero-order chi connectivity index (χ0) is 28.4. The molecule has 2 fully saturated rings. The van der Waals surface area contributed by atoms with Gasteiger partial charge in [-0.25, -0.2) is 9.48 Å². The molecule has 0 aliphatic carbocycles. The normalized spacial score (nSPS) is 21.7. The molecule has 3 heterocycles. The van der Waals surface area contributed by atoms with E-state index in [4.69, 9.17) is 0 Å². The van der Waals surface area contributed by atoms with Crippen LogP contribution in [0, 0.1) is 0 Å². The summed E-state index contributed by atoms with van der Waals surface area (Å²) in [5.74, 6) is -2.40. The lowest BCUT2D eigenvalue weighted by atomic mass is 9.95. The van der Waals surface area contributed by atoms with Gasteiger partial charge in [-0.15, -0.1) is 16.9 Å². The minimum atomic E-state index is -1.08. The Bertz CT molecular complexity index is 1410. The Balaban J connectivity index is 1.24. The first-order valence-corrected chi connectivity index (χ1v) is 13.8. The van der Waals surface area contributed by atoms with Crippen molar-refractivity contribution in [2.24, 2.45) is 0 Å². The summed E-state index contributed by atoms with van der Waals surface area (Å²) in [7, 11) is 0. The van der Waals surface area contributed by atoms with Crippen molar-refractivity contribution >= 4 is 35.5 Å². The van der Waals surface area contributed by atoms with Crippen LogP contribution in [0.2, 0.25) is 0 Å². The number of rotatable bonds is 10. The first-order chi connectivity index (χ1) is 19.2. The molecule has 0 bridgehead atoms. The Morgan fingerprint density at radius 3 is 2.42 bits per heavy atom. The molecule has 5 rings (SSSR count). The number of benzene rings is 2. The largest absolute Gasteiger partial charge is 0.480 e. The van der Waals surface area contributed by atoms with Crippen molar-refractivity contribution in [1.29, 1.82) is 0 Å². The number of carboxylic acids is 1. The second kappa shape index (κ2) is 11.1. The smallest absolute Gasteiger partial charge is 0.327 e. The number of carboxylic acid groups (broad SMARTS) is 1. The van der Waals surface area contributed by atoms with Gasteiger partial charge in [-0.2, -0.15) is 0 Å². The Morgan fingerprint density at radius 2 is 1.75 bits per heavy atom. The lowest BCUT2D eigenvalue weighted by Crippen LogP contribution is -2.71. The van der Waals surface area contributed by atoms with Gasteiger partial charge in [-0.3, -0.25) is 14.4 Å². The van der Waals surface area contributed by atoms with Crippen molar-refractivity contribution in [1.82, 2.24) is 30.5 Å². The highest BCUT2D eigenvalue weighted by Crippen LogP contribution is 2.50. The van der Waals surface area contributed by atoms with Crippen molar-refractivity contribution in [3.8, 4) is 0 Å². The number of nitrogens with zero attached hydrogens (tertiary/aromatic N) is 4. The Morgan fingerprint density at radius 1 is 1.07 bits per heavy atom. The maximum absolute atomic E-state index is 13.4. The molecule has 2 saturated heterocycles. The van der Waals surface area contributed by atoms with Gasteiger partial charge in [0.25, 0.3) is 0 Å². The Labute approximate surface area is 235 Å². The van der Waals surface area contributed by atoms with Gasteiger partial charge in [0.05, 0.1) is 18.4 Å². The molecule has 3 aromatic rings. The number of carbonyl (C=O) groups is 4. The zero-order valence-electron chi connectivity index (χ0n) is 22.1. The Kier molecular flexibility index (Phi) is 7.61. The summed E-state index contributed by atoms with van der Waals surface area (Å²) in [4.78, 5) is 52.5. The van der Waals surface area contributed by atoms with E-state index in [1.807, 2.05) is 30.3 Å². The highest BCUT2D eigenvalue weighted by Gasteiger charge is 2.64. The summed E-state index contributed by atoms with van der Waals surface area (Å²) in [6, 6.07) is 15.7. The summed E-state index contributed by atoms with van der Waals surface area (Å²) in [6.45, 7) is 4.07. The highest BCUT2D eigenvalue weighted by molar-refractivity contribution is 8.01. The lowest BCUT2D eigenvalue weighted by molar-refractivity contribution is -0.161. The van der Waals surface area contributed by atoms with Crippen LogP contribution in [0.5, 0.6) is 0 Å². The number of carbonyl (C=O) groups excluding carboxylic acids is 3. The van der Waals surface area contributed by atoms with E-state index in [2.05, 4.69) is 20.9 Å². The van der Waals surface area contributed by atoms with Crippen LogP contribution in [0.4, 0.5) is 0 Å². The quantitative estimate of drug-likeness (QED) is 0.317. The third-order valence-electron chi connectivity index (χ3n) is 7.15. The van der Waals surface area contributed by atoms with E-state index in [9.17, 15) is 24.3 Å². The second-order valence-electron chi connectivity index (χ2n) is 10.4. The molecule has 1 aromatic heterocycles. The van der Waals surface area contributed by atoms with Crippen LogP contribution in [0.15, 0.2) is 66.9 Å². The predicted molar refractivity (Wildman–Crippen MR) is 147 cm³/mol. The van der Waals surface area contributed by atoms with Crippen LogP contribution in [-0.2, 0) is 32.1 Å². The number of nitrogens with one attached hydrogen (secondary N) is 2. The fourth-order valence-electron chi connectivity index (χ4n) is 5.16. The number of hydrogen-bond acceptors (Lipinski definition) is 7. The maximum Gasteiger partial charge on any atom is 0.327 e. The molecule has 12 heteroatoms. The summed E-state index contributed by atoms with van der Waals surface area (Å²) in [6.07, 6.45) is 2.09. The fourth-order valence-corrected chi connectivity index (χ4v) is 6.79. The van der Waals surface area contributed by atoms with Gasteiger partial charge in [0.15, 0.2) is 0 Å².